The van der Waals surface area contributed by atoms with E-state index in [0.29, 0.717) is 0 Å². The third-order valence-electron chi connectivity index (χ3n) is 4.14. The van der Waals surface area contributed by atoms with Crippen LogP contribution in [0, 0.1) is 0 Å². The first-order valence-electron chi connectivity index (χ1n) is 8.79. The number of nitrogens with one attached hydrogen (secondary N) is 2. The van der Waals surface area contributed by atoms with E-state index in [9.17, 15) is 23.2 Å². The second-order valence-electron chi connectivity index (χ2n) is 6.18. The Morgan fingerprint density at radius 1 is 1.14 bits per heavy atom. The van der Waals surface area contributed by atoms with Crippen molar-refractivity contribution in [1.29, 1.82) is 0 Å². The smallest absolute Gasteiger partial charge is 0.387 e. The monoisotopic (exact) mass is 400 g/mol. The first-order valence-corrected chi connectivity index (χ1v) is 8.79. The molecule has 0 bridgehead atoms. The summed E-state index contributed by atoms with van der Waals surface area (Å²) in [6, 6.07) is 2.86. The number of benzene rings is 1. The van der Waals surface area contributed by atoms with Gasteiger partial charge in [-0.25, -0.2) is 9.59 Å². The van der Waals surface area contributed by atoms with E-state index in [2.05, 4.69) is 15.4 Å². The first-order chi connectivity index (χ1) is 13.4. The van der Waals surface area contributed by atoms with Gasteiger partial charge >= 0.3 is 18.6 Å². The molecular weight excluding hydrogens is 378 g/mol. The van der Waals surface area contributed by atoms with Crippen LogP contribution in [-0.2, 0) is 9.53 Å². The number of methoxy groups -OCH3 is 1. The summed E-state index contributed by atoms with van der Waals surface area (Å²) < 4.78 is 38.6. The van der Waals surface area contributed by atoms with Gasteiger partial charge in [0.1, 0.15) is 0 Å². The zero-order valence-electron chi connectivity index (χ0n) is 15.3. The Labute approximate surface area is 160 Å². The Morgan fingerprint density at radius 2 is 1.86 bits per heavy atom. The highest BCUT2D eigenvalue weighted by Gasteiger charge is 2.19. The van der Waals surface area contributed by atoms with Crippen LogP contribution in [0.1, 0.15) is 42.5 Å². The summed E-state index contributed by atoms with van der Waals surface area (Å²) in [4.78, 5) is 35.5. The quantitative estimate of drug-likeness (QED) is 0.682. The Balaban J connectivity index is 1.82. The molecule has 0 aromatic heterocycles. The number of alkyl halides is 2. The van der Waals surface area contributed by atoms with Crippen molar-refractivity contribution >= 4 is 17.9 Å². The van der Waals surface area contributed by atoms with E-state index < -0.39 is 31.1 Å². The Hall–Kier alpha value is -2.91. The third kappa shape index (κ3) is 6.67. The fourth-order valence-corrected chi connectivity index (χ4v) is 2.83. The average Bonchev–Trinajstić information content (AvgIpc) is 2.66. The van der Waals surface area contributed by atoms with Crippen molar-refractivity contribution in [3.05, 3.63) is 23.8 Å². The number of urea groups is 1. The highest BCUT2D eigenvalue weighted by Crippen LogP contribution is 2.29. The molecule has 1 saturated carbocycles. The van der Waals surface area contributed by atoms with Gasteiger partial charge in [-0.2, -0.15) is 8.78 Å². The molecule has 1 aliphatic rings. The molecule has 1 aromatic carbocycles. The minimum atomic E-state index is -3.05. The Bertz CT molecular complexity index is 707. The number of imide groups is 1. The molecule has 0 heterocycles. The molecule has 0 unspecified atom stereocenters. The molecule has 1 aliphatic carbocycles. The van der Waals surface area contributed by atoms with Crippen LogP contribution in [0.25, 0.3) is 0 Å². The zero-order valence-corrected chi connectivity index (χ0v) is 15.3. The van der Waals surface area contributed by atoms with Crippen LogP contribution < -0.4 is 20.1 Å². The van der Waals surface area contributed by atoms with E-state index in [-0.39, 0.29) is 23.1 Å². The van der Waals surface area contributed by atoms with Crippen molar-refractivity contribution in [3.63, 3.8) is 0 Å². The maximum absolute atomic E-state index is 12.3. The van der Waals surface area contributed by atoms with E-state index in [0.717, 1.165) is 44.2 Å². The van der Waals surface area contributed by atoms with E-state index in [1.807, 2.05) is 0 Å². The number of carbonyl (C=O) groups is 3. The lowest BCUT2D eigenvalue weighted by atomic mass is 9.96. The summed E-state index contributed by atoms with van der Waals surface area (Å²) in [5, 5.41) is 4.80. The van der Waals surface area contributed by atoms with Crippen molar-refractivity contribution in [2.75, 3.05) is 13.7 Å². The molecule has 0 spiro atoms. The van der Waals surface area contributed by atoms with Gasteiger partial charge in [0, 0.05) is 6.04 Å². The van der Waals surface area contributed by atoms with Crippen LogP contribution in [0.3, 0.4) is 0 Å². The second-order valence-corrected chi connectivity index (χ2v) is 6.18. The summed E-state index contributed by atoms with van der Waals surface area (Å²) in [5.41, 5.74) is -0.0297. The van der Waals surface area contributed by atoms with Gasteiger partial charge in [0.25, 0.3) is 5.91 Å². The summed E-state index contributed by atoms with van der Waals surface area (Å²) in [5.74, 6) is -2.01. The predicted molar refractivity (Wildman–Crippen MR) is 93.5 cm³/mol. The largest absolute Gasteiger partial charge is 0.493 e. The molecular formula is C18H22F2N2O6. The van der Waals surface area contributed by atoms with Crippen LogP contribution in [-0.4, -0.2) is 44.3 Å². The molecule has 2 rings (SSSR count). The van der Waals surface area contributed by atoms with Crippen LogP contribution in [0.5, 0.6) is 11.5 Å². The number of carbonyl (C=O) groups excluding carboxylic acids is 3. The molecule has 0 saturated heterocycles. The Kier molecular flexibility index (Phi) is 7.97. The molecule has 8 nitrogen and oxygen atoms in total. The minimum absolute atomic E-state index is 0.0297. The summed E-state index contributed by atoms with van der Waals surface area (Å²) in [7, 11) is 1.22. The van der Waals surface area contributed by atoms with Gasteiger partial charge in [-0.3, -0.25) is 10.1 Å². The molecule has 2 N–H and O–H groups in total. The van der Waals surface area contributed by atoms with Crippen molar-refractivity contribution in [1.82, 2.24) is 10.6 Å². The SMILES string of the molecule is COc1cc(C(=O)OCC(=O)NC(=O)NC2CCCCC2)ccc1OC(F)F. The highest BCUT2D eigenvalue weighted by molar-refractivity contribution is 5.97. The number of esters is 1. The second kappa shape index (κ2) is 10.4. The van der Waals surface area contributed by atoms with E-state index in [1.165, 1.54) is 13.2 Å². The zero-order chi connectivity index (χ0) is 20.5. The maximum atomic E-state index is 12.3. The van der Waals surface area contributed by atoms with Crippen molar-refractivity contribution in [3.8, 4) is 11.5 Å². The highest BCUT2D eigenvalue weighted by atomic mass is 19.3. The molecule has 28 heavy (non-hydrogen) atoms. The van der Waals surface area contributed by atoms with Crippen LogP contribution in [0.15, 0.2) is 18.2 Å². The van der Waals surface area contributed by atoms with Gasteiger partial charge in [0.15, 0.2) is 18.1 Å². The fraction of sp³-hybridized carbons (Fsp3) is 0.500. The van der Waals surface area contributed by atoms with E-state index >= 15 is 0 Å². The normalized spacial score (nSPS) is 14.3. The van der Waals surface area contributed by atoms with Crippen LogP contribution >= 0.6 is 0 Å². The van der Waals surface area contributed by atoms with Crippen LogP contribution in [0.2, 0.25) is 0 Å². The first kappa shape index (κ1) is 21.4. The van der Waals surface area contributed by atoms with Gasteiger partial charge in [-0.15, -0.1) is 0 Å². The topological polar surface area (TPSA) is 103 Å². The lowest BCUT2D eigenvalue weighted by Crippen LogP contribution is -2.46. The number of halogens is 2. The number of amides is 3. The van der Waals surface area contributed by atoms with E-state index in [1.54, 1.807) is 0 Å². The van der Waals surface area contributed by atoms with Gasteiger partial charge in [-0.05, 0) is 31.0 Å². The van der Waals surface area contributed by atoms with Gasteiger partial charge in [0.2, 0.25) is 0 Å². The standard InChI is InChI=1S/C18H22F2N2O6/c1-26-14-9-11(7-8-13(14)28-17(19)20)16(24)27-10-15(23)22-18(25)21-12-5-3-2-4-6-12/h7-9,12,17H,2-6,10H2,1H3,(H2,21,22,23,25). The van der Waals surface area contributed by atoms with Crippen LogP contribution in [0.4, 0.5) is 13.6 Å². The molecule has 0 aliphatic heterocycles. The molecule has 1 fully saturated rings. The third-order valence-corrected chi connectivity index (χ3v) is 4.14. The number of rotatable bonds is 7. The van der Waals surface area contributed by atoms with Gasteiger partial charge < -0.3 is 19.5 Å². The average molecular weight is 400 g/mol. The van der Waals surface area contributed by atoms with E-state index in [4.69, 9.17) is 9.47 Å². The maximum Gasteiger partial charge on any atom is 0.387 e. The summed E-state index contributed by atoms with van der Waals surface area (Å²) in [6.45, 7) is -3.72. The molecule has 10 heteroatoms. The molecule has 3 amide bonds. The predicted octanol–water partition coefficient (Wildman–Crippen LogP) is 2.61. The number of hydrogen-bond acceptors (Lipinski definition) is 6. The van der Waals surface area contributed by atoms with Crippen molar-refractivity contribution in [2.24, 2.45) is 0 Å². The lowest BCUT2D eigenvalue weighted by Gasteiger charge is -2.22. The molecule has 0 atom stereocenters. The van der Waals surface area contributed by atoms with Gasteiger partial charge in [0.05, 0.1) is 12.7 Å². The Morgan fingerprint density at radius 3 is 2.50 bits per heavy atom. The molecule has 0 radical (unpaired) electrons. The number of hydrogen-bond donors (Lipinski definition) is 2. The molecule has 1 aromatic rings. The fourth-order valence-electron chi connectivity index (χ4n) is 2.83. The van der Waals surface area contributed by atoms with Crippen molar-refractivity contribution < 1.29 is 37.4 Å². The summed E-state index contributed by atoms with van der Waals surface area (Å²) >= 11 is 0. The summed E-state index contributed by atoms with van der Waals surface area (Å²) in [6.07, 6.45) is 4.92. The minimum Gasteiger partial charge on any atom is -0.493 e. The number of ether oxygens (including phenoxy) is 3. The lowest BCUT2D eigenvalue weighted by molar-refractivity contribution is -0.123. The van der Waals surface area contributed by atoms with Gasteiger partial charge in [-0.1, -0.05) is 19.3 Å². The van der Waals surface area contributed by atoms with Crippen molar-refractivity contribution in [2.45, 2.75) is 44.8 Å². The molecule has 154 valence electrons.